The van der Waals surface area contributed by atoms with Crippen LogP contribution in [0.5, 0.6) is 0 Å². The number of thioether (sulfide) groups is 1. The number of hydrogen-bond donors (Lipinski definition) is 0. The minimum atomic E-state index is -1.78. The number of carbonyl (C=O) groups is 1. The first-order chi connectivity index (χ1) is 11.1. The van der Waals surface area contributed by atoms with E-state index in [4.69, 9.17) is 9.16 Å². The van der Waals surface area contributed by atoms with E-state index in [0.29, 0.717) is 19.8 Å². The van der Waals surface area contributed by atoms with E-state index in [-0.39, 0.29) is 16.1 Å². The molecule has 0 saturated heterocycles. The molecule has 0 amide bonds. The van der Waals surface area contributed by atoms with Gasteiger partial charge in [-0.25, -0.2) is 0 Å². The molecule has 3 nitrogen and oxygen atoms in total. The van der Waals surface area contributed by atoms with E-state index in [9.17, 15) is 4.79 Å². The molecule has 1 aromatic rings. The predicted molar refractivity (Wildman–Crippen MR) is 106 cm³/mol. The molecule has 1 unspecified atom stereocenters. The fourth-order valence-electron chi connectivity index (χ4n) is 1.84. The zero-order valence-electron chi connectivity index (χ0n) is 15.9. The lowest BCUT2D eigenvalue weighted by Crippen LogP contribution is -2.42. The van der Waals surface area contributed by atoms with Crippen molar-refractivity contribution in [1.82, 2.24) is 0 Å². The van der Waals surface area contributed by atoms with Crippen molar-refractivity contribution < 1.29 is 14.0 Å². The molecule has 136 valence electrons. The molecule has 0 aliphatic carbocycles. The predicted octanol–water partition coefficient (Wildman–Crippen LogP) is 5.12. The van der Waals surface area contributed by atoms with E-state index in [2.05, 4.69) is 46.0 Å². The van der Waals surface area contributed by atoms with Gasteiger partial charge in [-0.15, -0.1) is 0 Å². The Bertz CT molecular complexity index is 497. The van der Waals surface area contributed by atoms with Gasteiger partial charge in [-0.05, 0) is 23.7 Å². The number of ether oxygens (including phenoxy) is 1. The molecule has 1 aromatic carbocycles. The zero-order chi connectivity index (χ0) is 18.2. The molecule has 0 heterocycles. The summed E-state index contributed by atoms with van der Waals surface area (Å²) < 4.78 is 12.2. The van der Waals surface area contributed by atoms with Crippen LogP contribution in [0, 0.1) is 5.92 Å². The molecule has 0 bridgehead atoms. The molecular formula is C19H32O3SSi. The Kier molecular flexibility index (Phi) is 8.71. The lowest BCUT2D eigenvalue weighted by Gasteiger charge is -2.37. The SMILES string of the molecule is CC(=O)SCC(COCc1ccccc1)CO[Si](C)(C)C(C)(C)C. The number of benzene rings is 1. The van der Waals surface area contributed by atoms with Crippen molar-refractivity contribution in [2.45, 2.75) is 52.4 Å². The quantitative estimate of drug-likeness (QED) is 0.567. The summed E-state index contributed by atoms with van der Waals surface area (Å²) in [5.41, 5.74) is 1.17. The Morgan fingerprint density at radius 3 is 2.33 bits per heavy atom. The summed E-state index contributed by atoms with van der Waals surface area (Å²) in [5.74, 6) is 0.982. The summed E-state index contributed by atoms with van der Waals surface area (Å²) in [6.45, 7) is 14.7. The van der Waals surface area contributed by atoms with E-state index in [0.717, 1.165) is 5.75 Å². The topological polar surface area (TPSA) is 35.5 Å². The van der Waals surface area contributed by atoms with Crippen molar-refractivity contribution in [2.24, 2.45) is 5.92 Å². The second-order valence-electron chi connectivity index (χ2n) is 7.74. The van der Waals surface area contributed by atoms with Crippen molar-refractivity contribution in [1.29, 1.82) is 0 Å². The summed E-state index contributed by atoms with van der Waals surface area (Å²) in [7, 11) is -1.78. The highest BCUT2D eigenvalue weighted by Gasteiger charge is 2.37. The van der Waals surface area contributed by atoms with Gasteiger partial charge in [0.2, 0.25) is 0 Å². The van der Waals surface area contributed by atoms with Crippen LogP contribution in [0.2, 0.25) is 18.1 Å². The van der Waals surface area contributed by atoms with E-state index in [1.54, 1.807) is 6.92 Å². The van der Waals surface area contributed by atoms with Crippen LogP contribution >= 0.6 is 11.8 Å². The third-order valence-corrected chi connectivity index (χ3v) is 10.0. The largest absolute Gasteiger partial charge is 0.416 e. The Labute approximate surface area is 152 Å². The average Bonchev–Trinajstić information content (AvgIpc) is 2.49. The first-order valence-electron chi connectivity index (χ1n) is 8.51. The van der Waals surface area contributed by atoms with Gasteiger partial charge in [0.05, 0.1) is 13.2 Å². The highest BCUT2D eigenvalue weighted by molar-refractivity contribution is 8.13. The average molecular weight is 369 g/mol. The molecule has 0 aliphatic rings. The fourth-order valence-corrected chi connectivity index (χ4v) is 3.59. The van der Waals surface area contributed by atoms with Crippen LogP contribution in [0.15, 0.2) is 30.3 Å². The highest BCUT2D eigenvalue weighted by Crippen LogP contribution is 2.36. The number of rotatable bonds is 9. The van der Waals surface area contributed by atoms with E-state index < -0.39 is 8.32 Å². The number of hydrogen-bond acceptors (Lipinski definition) is 4. The molecule has 0 aliphatic heterocycles. The number of carbonyl (C=O) groups excluding carboxylic acids is 1. The summed E-state index contributed by atoms with van der Waals surface area (Å²) in [4.78, 5) is 11.3. The third-order valence-electron chi connectivity index (χ3n) is 4.47. The van der Waals surface area contributed by atoms with Crippen LogP contribution in [0.4, 0.5) is 0 Å². The van der Waals surface area contributed by atoms with Crippen LogP contribution in [0.3, 0.4) is 0 Å². The first kappa shape index (κ1) is 21.4. The molecule has 0 radical (unpaired) electrons. The van der Waals surface area contributed by atoms with Crippen LogP contribution in [0.1, 0.15) is 33.3 Å². The Morgan fingerprint density at radius 2 is 1.79 bits per heavy atom. The summed E-state index contributed by atoms with van der Waals surface area (Å²) in [5, 5.41) is 0.339. The smallest absolute Gasteiger partial charge is 0.191 e. The molecule has 0 spiro atoms. The van der Waals surface area contributed by atoms with Gasteiger partial charge in [0.1, 0.15) is 0 Å². The van der Waals surface area contributed by atoms with Crippen LogP contribution < -0.4 is 0 Å². The summed E-state index contributed by atoms with van der Waals surface area (Å²) >= 11 is 1.36. The summed E-state index contributed by atoms with van der Waals surface area (Å²) in [6, 6.07) is 10.2. The second-order valence-corrected chi connectivity index (χ2v) is 13.7. The van der Waals surface area contributed by atoms with Crippen molar-refractivity contribution in [3.8, 4) is 0 Å². The molecular weight excluding hydrogens is 336 g/mol. The monoisotopic (exact) mass is 368 g/mol. The van der Waals surface area contributed by atoms with Crippen LogP contribution in [-0.4, -0.2) is 32.4 Å². The fraction of sp³-hybridized carbons (Fsp3) is 0.632. The van der Waals surface area contributed by atoms with Crippen LogP contribution in [0.25, 0.3) is 0 Å². The van der Waals surface area contributed by atoms with Gasteiger partial charge >= 0.3 is 0 Å². The minimum Gasteiger partial charge on any atom is -0.416 e. The lowest BCUT2D eigenvalue weighted by atomic mass is 10.2. The van der Waals surface area contributed by atoms with Crippen molar-refractivity contribution in [2.75, 3.05) is 19.0 Å². The van der Waals surface area contributed by atoms with Gasteiger partial charge in [-0.1, -0.05) is 62.9 Å². The maximum absolute atomic E-state index is 11.3. The molecule has 0 aromatic heterocycles. The van der Waals surface area contributed by atoms with Crippen molar-refractivity contribution >= 4 is 25.2 Å². The molecule has 1 atom stereocenters. The Hall–Kier alpha value is -0.623. The zero-order valence-corrected chi connectivity index (χ0v) is 17.7. The van der Waals surface area contributed by atoms with Crippen LogP contribution in [-0.2, 0) is 20.6 Å². The molecule has 0 saturated carbocycles. The van der Waals surface area contributed by atoms with Crippen molar-refractivity contribution in [3.05, 3.63) is 35.9 Å². The molecule has 1 rings (SSSR count). The van der Waals surface area contributed by atoms with Gasteiger partial charge in [-0.2, -0.15) is 0 Å². The van der Waals surface area contributed by atoms with Crippen molar-refractivity contribution in [3.63, 3.8) is 0 Å². The summed E-state index contributed by atoms with van der Waals surface area (Å²) in [6.07, 6.45) is 0. The van der Waals surface area contributed by atoms with Gasteiger partial charge in [0.25, 0.3) is 0 Å². The Balaban J connectivity index is 2.52. The molecule has 5 heteroatoms. The minimum absolute atomic E-state index is 0.149. The van der Waals surface area contributed by atoms with Gasteiger partial charge in [0.15, 0.2) is 13.4 Å². The van der Waals surface area contributed by atoms with Gasteiger partial charge in [-0.3, -0.25) is 4.79 Å². The lowest BCUT2D eigenvalue weighted by molar-refractivity contribution is -0.109. The second kappa shape index (κ2) is 9.75. The van der Waals surface area contributed by atoms with E-state index in [1.807, 2.05) is 18.2 Å². The molecule has 24 heavy (non-hydrogen) atoms. The highest BCUT2D eigenvalue weighted by atomic mass is 32.2. The first-order valence-corrected chi connectivity index (χ1v) is 12.4. The van der Waals surface area contributed by atoms with Gasteiger partial charge < -0.3 is 9.16 Å². The molecule has 0 fully saturated rings. The molecule has 0 N–H and O–H groups in total. The van der Waals surface area contributed by atoms with Gasteiger partial charge in [0, 0.05) is 25.2 Å². The Morgan fingerprint density at radius 1 is 1.17 bits per heavy atom. The third kappa shape index (κ3) is 7.97. The maximum Gasteiger partial charge on any atom is 0.191 e. The normalized spacial score (nSPS) is 13.8. The standard InChI is InChI=1S/C19H32O3SSi/c1-16(20)23-15-18(14-22-24(5,6)19(2,3)4)13-21-12-17-10-8-7-9-11-17/h7-11,18H,12-15H2,1-6H3. The van der Waals surface area contributed by atoms with E-state index >= 15 is 0 Å². The maximum atomic E-state index is 11.3. The van der Waals surface area contributed by atoms with E-state index in [1.165, 1.54) is 17.3 Å².